The van der Waals surface area contributed by atoms with Crippen molar-refractivity contribution in [2.75, 3.05) is 19.6 Å². The second-order valence-electron chi connectivity index (χ2n) is 7.80. The second kappa shape index (κ2) is 10.0. The Hall–Kier alpha value is -2.72. The summed E-state index contributed by atoms with van der Waals surface area (Å²) in [5.74, 6) is -1.15. The molecule has 0 bridgehead atoms. The molecule has 0 unspecified atom stereocenters. The fourth-order valence-corrected chi connectivity index (χ4v) is 5.32. The number of piperidine rings is 1. The summed E-state index contributed by atoms with van der Waals surface area (Å²) in [6.45, 7) is 3.89. The molecule has 1 saturated heterocycles. The number of nitrogens with zero attached hydrogens (tertiary/aromatic N) is 2. The summed E-state index contributed by atoms with van der Waals surface area (Å²) in [6.07, 6.45) is -2.70. The Balaban J connectivity index is 1.69. The molecule has 178 valence electrons. The first-order valence-corrected chi connectivity index (χ1v) is 11.8. The van der Waals surface area contributed by atoms with Gasteiger partial charge in [-0.15, -0.1) is 6.58 Å². The van der Waals surface area contributed by atoms with Gasteiger partial charge in [0.2, 0.25) is 15.9 Å². The van der Waals surface area contributed by atoms with Crippen molar-refractivity contribution >= 4 is 15.9 Å². The fourth-order valence-electron chi connectivity index (χ4n) is 3.80. The third-order valence-corrected chi connectivity index (χ3v) is 7.48. The molecule has 0 spiro atoms. The minimum atomic E-state index is -4.65. The molecule has 0 radical (unpaired) electrons. The molecule has 0 saturated carbocycles. The summed E-state index contributed by atoms with van der Waals surface area (Å²) in [5.41, 5.74) is -0.681. The molecule has 1 heterocycles. The molecular weight excluding hydrogens is 460 g/mol. The van der Waals surface area contributed by atoms with E-state index in [1.165, 1.54) is 17.0 Å². The molecule has 0 N–H and O–H groups in total. The highest BCUT2D eigenvalue weighted by Crippen LogP contribution is 2.32. The standard InChI is InChI=1S/C23H24F4N2O3S/c1-2-12-28(16-18-6-3-4-9-21(18)24)22(30)17-10-13-29(14-11-17)33(31,32)20-8-5-7-19(15-20)23(25,26)27/h2-9,15,17H,1,10-14,16H2. The van der Waals surface area contributed by atoms with Crippen LogP contribution in [0.3, 0.4) is 0 Å². The van der Waals surface area contributed by atoms with Gasteiger partial charge in [-0.2, -0.15) is 17.5 Å². The van der Waals surface area contributed by atoms with Gasteiger partial charge in [0.15, 0.2) is 0 Å². The lowest BCUT2D eigenvalue weighted by atomic mass is 9.96. The van der Waals surface area contributed by atoms with Gasteiger partial charge in [-0.3, -0.25) is 4.79 Å². The second-order valence-corrected chi connectivity index (χ2v) is 9.74. The van der Waals surface area contributed by atoms with E-state index in [-0.39, 0.29) is 44.9 Å². The average molecular weight is 485 g/mol. The molecule has 2 aromatic rings. The highest BCUT2D eigenvalue weighted by Gasteiger charge is 2.36. The van der Waals surface area contributed by atoms with Crippen LogP contribution in [0.4, 0.5) is 17.6 Å². The molecule has 2 aromatic carbocycles. The smallest absolute Gasteiger partial charge is 0.334 e. The first-order valence-electron chi connectivity index (χ1n) is 10.3. The van der Waals surface area contributed by atoms with Crippen LogP contribution in [0.25, 0.3) is 0 Å². The van der Waals surface area contributed by atoms with Crippen LogP contribution in [-0.2, 0) is 27.5 Å². The summed E-state index contributed by atoms with van der Waals surface area (Å²) in [7, 11) is -4.14. The van der Waals surface area contributed by atoms with E-state index in [2.05, 4.69) is 6.58 Å². The van der Waals surface area contributed by atoms with Crippen LogP contribution in [0.5, 0.6) is 0 Å². The monoisotopic (exact) mass is 484 g/mol. The number of carbonyl (C=O) groups excluding carboxylic acids is 1. The van der Waals surface area contributed by atoms with Crippen LogP contribution >= 0.6 is 0 Å². The van der Waals surface area contributed by atoms with Crippen molar-refractivity contribution in [3.8, 4) is 0 Å². The topological polar surface area (TPSA) is 57.7 Å². The number of alkyl halides is 3. The minimum Gasteiger partial charge on any atom is -0.334 e. The van der Waals surface area contributed by atoms with Gasteiger partial charge >= 0.3 is 6.18 Å². The van der Waals surface area contributed by atoms with Crippen LogP contribution in [0.15, 0.2) is 66.1 Å². The van der Waals surface area contributed by atoms with Crippen LogP contribution in [-0.4, -0.2) is 43.2 Å². The summed E-state index contributed by atoms with van der Waals surface area (Å²) < 4.78 is 79.8. The molecule has 1 amide bonds. The van der Waals surface area contributed by atoms with E-state index >= 15 is 0 Å². The summed E-state index contributed by atoms with van der Waals surface area (Å²) in [5, 5.41) is 0. The molecule has 1 fully saturated rings. The Labute approximate surface area is 190 Å². The number of amides is 1. The number of hydrogen-bond donors (Lipinski definition) is 0. The molecule has 0 atom stereocenters. The van der Waals surface area contributed by atoms with Crippen molar-refractivity contribution < 1.29 is 30.8 Å². The van der Waals surface area contributed by atoms with Gasteiger partial charge in [-0.05, 0) is 37.1 Å². The van der Waals surface area contributed by atoms with Crippen LogP contribution in [0.2, 0.25) is 0 Å². The first kappa shape index (κ1) is 24.9. The number of rotatable bonds is 7. The normalized spacial score (nSPS) is 15.9. The number of benzene rings is 2. The Morgan fingerprint density at radius 1 is 1.12 bits per heavy atom. The van der Waals surface area contributed by atoms with Gasteiger partial charge in [0.1, 0.15) is 5.82 Å². The van der Waals surface area contributed by atoms with Gasteiger partial charge in [0.25, 0.3) is 0 Å². The molecule has 33 heavy (non-hydrogen) atoms. The Kier molecular flexibility index (Phi) is 7.58. The number of carbonyl (C=O) groups is 1. The van der Waals surface area contributed by atoms with Crippen molar-refractivity contribution in [3.63, 3.8) is 0 Å². The van der Waals surface area contributed by atoms with Crippen molar-refractivity contribution in [1.82, 2.24) is 9.21 Å². The highest BCUT2D eigenvalue weighted by molar-refractivity contribution is 7.89. The predicted molar refractivity (Wildman–Crippen MR) is 115 cm³/mol. The Morgan fingerprint density at radius 2 is 1.79 bits per heavy atom. The van der Waals surface area contributed by atoms with E-state index < -0.39 is 38.4 Å². The lowest BCUT2D eigenvalue weighted by molar-refractivity contribution is -0.138. The molecule has 3 rings (SSSR count). The molecule has 0 aliphatic carbocycles. The van der Waals surface area contributed by atoms with E-state index in [1.54, 1.807) is 18.2 Å². The molecule has 5 nitrogen and oxygen atoms in total. The lowest BCUT2D eigenvalue weighted by Crippen LogP contribution is -2.44. The van der Waals surface area contributed by atoms with Gasteiger partial charge < -0.3 is 4.90 Å². The van der Waals surface area contributed by atoms with Crippen LogP contribution in [0, 0.1) is 11.7 Å². The van der Waals surface area contributed by atoms with Crippen molar-refractivity contribution in [2.24, 2.45) is 5.92 Å². The van der Waals surface area contributed by atoms with E-state index in [0.29, 0.717) is 11.6 Å². The van der Waals surface area contributed by atoms with Crippen molar-refractivity contribution in [3.05, 3.63) is 78.1 Å². The largest absolute Gasteiger partial charge is 0.416 e. The summed E-state index contributed by atoms with van der Waals surface area (Å²) in [4.78, 5) is 14.1. The maximum Gasteiger partial charge on any atom is 0.416 e. The number of halogens is 4. The maximum absolute atomic E-state index is 14.0. The van der Waals surface area contributed by atoms with Gasteiger partial charge in [-0.1, -0.05) is 30.3 Å². The highest BCUT2D eigenvalue weighted by atomic mass is 32.2. The molecular formula is C23H24F4N2O3S. The van der Waals surface area contributed by atoms with E-state index in [4.69, 9.17) is 0 Å². The van der Waals surface area contributed by atoms with E-state index in [1.807, 2.05) is 0 Å². The van der Waals surface area contributed by atoms with Gasteiger partial charge in [0, 0.05) is 37.7 Å². The maximum atomic E-state index is 14.0. The zero-order valence-electron chi connectivity index (χ0n) is 17.8. The Bertz CT molecular complexity index is 1110. The molecule has 10 heteroatoms. The summed E-state index contributed by atoms with van der Waals surface area (Å²) in [6, 6.07) is 9.74. The average Bonchev–Trinajstić information content (AvgIpc) is 2.79. The van der Waals surface area contributed by atoms with Crippen molar-refractivity contribution in [1.29, 1.82) is 0 Å². The third-order valence-electron chi connectivity index (χ3n) is 5.58. The fraction of sp³-hybridized carbons (Fsp3) is 0.348. The molecule has 1 aliphatic rings. The van der Waals surface area contributed by atoms with Gasteiger partial charge in [0.05, 0.1) is 10.5 Å². The quantitative estimate of drug-likeness (QED) is 0.431. The molecule has 0 aromatic heterocycles. The first-order chi connectivity index (χ1) is 15.5. The molecule has 1 aliphatic heterocycles. The predicted octanol–water partition coefficient (Wildman–Crippen LogP) is 4.46. The SMILES string of the molecule is C=CCN(Cc1ccccc1F)C(=O)C1CCN(S(=O)(=O)c2cccc(C(F)(F)F)c2)CC1. The Morgan fingerprint density at radius 3 is 2.39 bits per heavy atom. The zero-order valence-corrected chi connectivity index (χ0v) is 18.6. The van der Waals surface area contributed by atoms with Gasteiger partial charge in [-0.25, -0.2) is 12.8 Å². The number of sulfonamides is 1. The minimum absolute atomic E-state index is 0.00336. The number of hydrogen-bond acceptors (Lipinski definition) is 3. The summed E-state index contributed by atoms with van der Waals surface area (Å²) >= 11 is 0. The third kappa shape index (κ3) is 5.80. The van der Waals surface area contributed by atoms with Crippen molar-refractivity contribution in [2.45, 2.75) is 30.5 Å². The lowest BCUT2D eigenvalue weighted by Gasteiger charge is -2.33. The van der Waals surface area contributed by atoms with E-state index in [9.17, 15) is 30.8 Å². The van der Waals surface area contributed by atoms with Crippen LogP contribution < -0.4 is 0 Å². The van der Waals surface area contributed by atoms with Crippen LogP contribution in [0.1, 0.15) is 24.0 Å². The van der Waals surface area contributed by atoms with E-state index in [0.717, 1.165) is 22.5 Å². The zero-order chi connectivity index (χ0) is 24.2.